The van der Waals surface area contributed by atoms with Crippen LogP contribution in [0.5, 0.6) is 0 Å². The topological polar surface area (TPSA) is 35.5 Å². The molecule has 0 radical (unpaired) electrons. The summed E-state index contributed by atoms with van der Waals surface area (Å²) in [6.45, 7) is 11.6. The van der Waals surface area contributed by atoms with Gasteiger partial charge >= 0.3 is 11.4 Å². The van der Waals surface area contributed by atoms with Crippen molar-refractivity contribution in [2.24, 2.45) is 0 Å². The van der Waals surface area contributed by atoms with E-state index in [-0.39, 0.29) is 0 Å². The van der Waals surface area contributed by atoms with Gasteiger partial charge in [0.2, 0.25) is 0 Å². The van der Waals surface area contributed by atoms with Gasteiger partial charge in [-0.25, -0.2) is 0 Å². The monoisotopic (exact) mass is 222 g/mol. The maximum Gasteiger partial charge on any atom is 0.305 e. The molecule has 4 heteroatoms. The van der Waals surface area contributed by atoms with Crippen molar-refractivity contribution in [3.8, 4) is 0 Å². The zero-order valence-electron chi connectivity index (χ0n) is 10.0. The van der Waals surface area contributed by atoms with Crippen LogP contribution in [0.2, 0.25) is 0 Å². The minimum absolute atomic E-state index is 0.394. The fourth-order valence-electron chi connectivity index (χ4n) is 0.503. The van der Waals surface area contributed by atoms with Gasteiger partial charge in [0.1, 0.15) is 0 Å². The number of hydrogen-bond acceptors (Lipinski definition) is 3. The van der Waals surface area contributed by atoms with Gasteiger partial charge < -0.3 is 0 Å². The lowest BCUT2D eigenvalue weighted by molar-refractivity contribution is 0.0556. The van der Waals surface area contributed by atoms with Crippen LogP contribution in [0.4, 0.5) is 0 Å². The van der Waals surface area contributed by atoms with Crippen LogP contribution in [-0.4, -0.2) is 15.4 Å². The maximum atomic E-state index is 11.5. The molecule has 0 saturated heterocycles. The Balaban J connectivity index is 4.12. The normalized spacial score (nSPS) is 13.6. The van der Waals surface area contributed by atoms with E-state index >= 15 is 0 Å². The van der Waals surface area contributed by atoms with E-state index in [1.54, 1.807) is 0 Å². The van der Waals surface area contributed by atoms with Crippen molar-refractivity contribution in [3.63, 3.8) is 0 Å². The SMILES string of the molecule is CCC(C)(C)OS(=O)OC(C)(C)CC. The molecular formula is C10H22O3S. The first-order valence-corrected chi connectivity index (χ1v) is 6.03. The highest BCUT2D eigenvalue weighted by Crippen LogP contribution is 2.21. The average Bonchev–Trinajstić information content (AvgIpc) is 2.02. The molecule has 0 spiro atoms. The standard InChI is InChI=1S/C10H22O3S/c1-7-9(3,4)12-14(11)13-10(5,6)8-2/h7-8H2,1-6H3. The molecule has 0 unspecified atom stereocenters. The fourth-order valence-corrected chi connectivity index (χ4v) is 1.51. The predicted molar refractivity (Wildman–Crippen MR) is 59.1 cm³/mol. The highest BCUT2D eigenvalue weighted by molar-refractivity contribution is 7.75. The van der Waals surface area contributed by atoms with Gasteiger partial charge in [-0.3, -0.25) is 8.37 Å². The molecule has 0 amide bonds. The van der Waals surface area contributed by atoms with E-state index in [2.05, 4.69) is 0 Å². The molecule has 0 N–H and O–H groups in total. The Morgan fingerprint density at radius 1 is 0.929 bits per heavy atom. The molecule has 0 aromatic rings. The van der Waals surface area contributed by atoms with Gasteiger partial charge in [0.05, 0.1) is 11.2 Å². The first-order chi connectivity index (χ1) is 6.22. The Hall–Kier alpha value is 0.0700. The third-order valence-electron chi connectivity index (χ3n) is 2.29. The van der Waals surface area contributed by atoms with Gasteiger partial charge in [0.15, 0.2) is 0 Å². The highest BCUT2D eigenvalue weighted by Gasteiger charge is 2.25. The molecule has 0 aliphatic rings. The fraction of sp³-hybridized carbons (Fsp3) is 1.00. The lowest BCUT2D eigenvalue weighted by atomic mass is 10.1. The van der Waals surface area contributed by atoms with Crippen LogP contribution < -0.4 is 0 Å². The average molecular weight is 222 g/mol. The Morgan fingerprint density at radius 3 is 1.43 bits per heavy atom. The molecule has 0 aromatic carbocycles. The summed E-state index contributed by atoms with van der Waals surface area (Å²) in [7, 11) is 0. The lowest BCUT2D eigenvalue weighted by Gasteiger charge is -2.26. The molecule has 0 aliphatic carbocycles. The van der Waals surface area contributed by atoms with E-state index in [4.69, 9.17) is 8.37 Å². The van der Waals surface area contributed by atoms with E-state index in [1.165, 1.54) is 0 Å². The van der Waals surface area contributed by atoms with Gasteiger partial charge in [0.25, 0.3) is 0 Å². The van der Waals surface area contributed by atoms with Gasteiger partial charge in [-0.05, 0) is 40.5 Å². The second-order valence-corrected chi connectivity index (χ2v) is 5.34. The highest BCUT2D eigenvalue weighted by atomic mass is 32.2. The minimum Gasteiger partial charge on any atom is -0.262 e. The Labute approximate surface area is 90.0 Å². The van der Waals surface area contributed by atoms with Gasteiger partial charge in [-0.1, -0.05) is 13.8 Å². The Bertz CT molecular complexity index is 180. The molecule has 0 heterocycles. The van der Waals surface area contributed by atoms with Gasteiger partial charge in [-0.15, -0.1) is 0 Å². The molecule has 86 valence electrons. The Kier molecular flexibility index (Phi) is 5.26. The summed E-state index contributed by atoms with van der Waals surface area (Å²) in [5.74, 6) is 0. The van der Waals surface area contributed by atoms with Crippen LogP contribution in [0.15, 0.2) is 0 Å². The van der Waals surface area contributed by atoms with Crippen LogP contribution in [0, 0.1) is 0 Å². The van der Waals surface area contributed by atoms with Crippen molar-refractivity contribution >= 4 is 11.4 Å². The number of rotatable bonds is 6. The molecule has 0 rings (SSSR count). The molecule has 0 saturated carbocycles. The predicted octanol–water partition coefficient (Wildman–Crippen LogP) is 2.98. The molecular weight excluding hydrogens is 200 g/mol. The van der Waals surface area contributed by atoms with Gasteiger partial charge in [0, 0.05) is 0 Å². The zero-order valence-corrected chi connectivity index (χ0v) is 10.9. The summed E-state index contributed by atoms with van der Waals surface area (Å²) < 4.78 is 22.0. The quantitative estimate of drug-likeness (QED) is 0.693. The molecule has 0 aliphatic heterocycles. The smallest absolute Gasteiger partial charge is 0.262 e. The van der Waals surface area contributed by atoms with E-state index in [1.807, 2.05) is 41.5 Å². The van der Waals surface area contributed by atoms with Crippen LogP contribution in [0.1, 0.15) is 54.4 Å². The second-order valence-electron chi connectivity index (χ2n) is 4.60. The van der Waals surface area contributed by atoms with Gasteiger partial charge in [-0.2, -0.15) is 4.21 Å². The van der Waals surface area contributed by atoms with Crippen LogP contribution in [0.25, 0.3) is 0 Å². The van der Waals surface area contributed by atoms with E-state index in [0.717, 1.165) is 12.8 Å². The van der Waals surface area contributed by atoms with E-state index in [0.29, 0.717) is 0 Å². The summed E-state index contributed by atoms with van der Waals surface area (Å²) in [4.78, 5) is 0. The van der Waals surface area contributed by atoms with Crippen LogP contribution in [0.3, 0.4) is 0 Å². The number of hydrogen-bond donors (Lipinski definition) is 0. The van der Waals surface area contributed by atoms with Crippen molar-refractivity contribution in [2.45, 2.75) is 65.6 Å². The zero-order chi connectivity index (χ0) is 11.4. The molecule has 0 fully saturated rings. The second kappa shape index (κ2) is 5.24. The lowest BCUT2D eigenvalue weighted by Crippen LogP contribution is -2.30. The van der Waals surface area contributed by atoms with Crippen molar-refractivity contribution in [1.29, 1.82) is 0 Å². The largest absolute Gasteiger partial charge is 0.305 e. The first-order valence-electron chi connectivity index (χ1n) is 5.03. The van der Waals surface area contributed by atoms with Crippen molar-refractivity contribution in [2.75, 3.05) is 0 Å². The third kappa shape index (κ3) is 5.73. The Morgan fingerprint density at radius 2 is 1.21 bits per heavy atom. The molecule has 0 atom stereocenters. The summed E-state index contributed by atoms with van der Waals surface area (Å²) in [6, 6.07) is 0. The van der Waals surface area contributed by atoms with Crippen LogP contribution >= 0.6 is 0 Å². The van der Waals surface area contributed by atoms with E-state index < -0.39 is 22.6 Å². The van der Waals surface area contributed by atoms with Crippen LogP contribution in [-0.2, 0) is 19.7 Å². The summed E-state index contributed by atoms with van der Waals surface area (Å²) in [5.41, 5.74) is -0.788. The molecule has 14 heavy (non-hydrogen) atoms. The van der Waals surface area contributed by atoms with Crippen molar-refractivity contribution in [1.82, 2.24) is 0 Å². The van der Waals surface area contributed by atoms with E-state index in [9.17, 15) is 4.21 Å². The summed E-state index contributed by atoms with van der Waals surface area (Å²) in [6.07, 6.45) is 1.60. The summed E-state index contributed by atoms with van der Waals surface area (Å²) >= 11 is -1.66. The minimum atomic E-state index is -1.66. The maximum absolute atomic E-state index is 11.5. The van der Waals surface area contributed by atoms with Crippen molar-refractivity contribution < 1.29 is 12.6 Å². The third-order valence-corrected chi connectivity index (χ3v) is 3.46. The van der Waals surface area contributed by atoms with Crippen molar-refractivity contribution in [3.05, 3.63) is 0 Å². The molecule has 0 bridgehead atoms. The summed E-state index contributed by atoms with van der Waals surface area (Å²) in [5, 5.41) is 0. The molecule has 0 aromatic heterocycles. The molecule has 3 nitrogen and oxygen atoms in total. The first kappa shape index (κ1) is 14.1.